The number of hydrogen-bond acceptors (Lipinski definition) is 7. The standard InChI is InChI=1S/C10H11N3O3S3/c14-6-1-7-13(6)2-10(3-17-7,8(15)16)4-18-9-11-5-12-19-9/h5,7H,1-4H2,(H,15,16)/t7-,10?/m1/s1. The van der Waals surface area contributed by atoms with Crippen molar-refractivity contribution >= 4 is 46.9 Å². The molecule has 3 heterocycles. The van der Waals surface area contributed by atoms with E-state index in [4.69, 9.17) is 0 Å². The highest BCUT2D eigenvalue weighted by molar-refractivity contribution is 8.01. The van der Waals surface area contributed by atoms with Gasteiger partial charge >= 0.3 is 5.97 Å². The number of thioether (sulfide) groups is 2. The van der Waals surface area contributed by atoms with Gasteiger partial charge in [0.05, 0.1) is 11.8 Å². The van der Waals surface area contributed by atoms with Crippen molar-refractivity contribution in [3.8, 4) is 0 Å². The number of carbonyl (C=O) groups excluding carboxylic acids is 1. The van der Waals surface area contributed by atoms with Crippen molar-refractivity contribution in [3.05, 3.63) is 6.33 Å². The number of aliphatic carboxylic acids is 1. The van der Waals surface area contributed by atoms with Crippen LogP contribution in [0.5, 0.6) is 0 Å². The predicted octanol–water partition coefficient (Wildman–Crippen LogP) is 1.01. The molecule has 2 saturated heterocycles. The molecule has 2 aliphatic heterocycles. The molecule has 2 atom stereocenters. The van der Waals surface area contributed by atoms with E-state index >= 15 is 0 Å². The molecule has 2 fully saturated rings. The van der Waals surface area contributed by atoms with Crippen molar-refractivity contribution < 1.29 is 14.7 Å². The molecule has 0 bridgehead atoms. The van der Waals surface area contributed by atoms with Gasteiger partial charge in [-0.1, -0.05) is 11.8 Å². The third kappa shape index (κ3) is 2.34. The summed E-state index contributed by atoms with van der Waals surface area (Å²) in [5, 5.41) is 9.72. The van der Waals surface area contributed by atoms with Crippen molar-refractivity contribution in [3.63, 3.8) is 0 Å². The molecule has 3 rings (SSSR count). The van der Waals surface area contributed by atoms with E-state index in [1.807, 2.05) is 0 Å². The summed E-state index contributed by atoms with van der Waals surface area (Å²) in [7, 11) is 0. The molecular formula is C10H11N3O3S3. The number of β-lactam (4-membered cyclic amide) rings is 1. The topological polar surface area (TPSA) is 83.4 Å². The zero-order chi connectivity index (χ0) is 13.5. The molecule has 0 radical (unpaired) electrons. The lowest BCUT2D eigenvalue weighted by Gasteiger charge is -2.49. The Balaban J connectivity index is 1.72. The lowest BCUT2D eigenvalue weighted by molar-refractivity contribution is -0.153. The van der Waals surface area contributed by atoms with E-state index in [-0.39, 0.29) is 11.3 Å². The van der Waals surface area contributed by atoms with E-state index in [1.54, 1.807) is 16.7 Å². The van der Waals surface area contributed by atoms with Crippen LogP contribution in [0.2, 0.25) is 0 Å². The normalized spacial score (nSPS) is 29.8. The number of nitrogens with zero attached hydrogens (tertiary/aromatic N) is 3. The fourth-order valence-corrected chi connectivity index (χ4v) is 5.32. The second-order valence-corrected chi connectivity index (χ2v) is 7.74. The van der Waals surface area contributed by atoms with Gasteiger partial charge < -0.3 is 10.0 Å². The number of fused-ring (bicyclic) bond motifs is 1. The lowest BCUT2D eigenvalue weighted by Crippen LogP contribution is -2.61. The van der Waals surface area contributed by atoms with Crippen LogP contribution in [0.25, 0.3) is 0 Å². The summed E-state index contributed by atoms with van der Waals surface area (Å²) >= 11 is 4.23. The summed E-state index contributed by atoms with van der Waals surface area (Å²) in [5.74, 6) is 0.183. The third-order valence-corrected chi connectivity index (χ3v) is 6.92. The summed E-state index contributed by atoms with van der Waals surface area (Å²) in [6, 6.07) is 0. The summed E-state index contributed by atoms with van der Waals surface area (Å²) in [4.78, 5) is 28.8. The van der Waals surface area contributed by atoms with Crippen LogP contribution in [-0.4, -0.2) is 54.7 Å². The first-order chi connectivity index (χ1) is 9.11. The van der Waals surface area contributed by atoms with Crippen LogP contribution < -0.4 is 0 Å². The Hall–Kier alpha value is -0.800. The smallest absolute Gasteiger partial charge is 0.313 e. The van der Waals surface area contributed by atoms with Crippen LogP contribution in [0.3, 0.4) is 0 Å². The zero-order valence-electron chi connectivity index (χ0n) is 9.81. The van der Waals surface area contributed by atoms with Gasteiger partial charge in [-0.3, -0.25) is 9.59 Å². The predicted molar refractivity (Wildman–Crippen MR) is 73.3 cm³/mol. The molecule has 2 aliphatic rings. The number of rotatable bonds is 4. The zero-order valence-corrected chi connectivity index (χ0v) is 12.3. The maximum atomic E-state index is 11.6. The maximum Gasteiger partial charge on any atom is 0.313 e. The summed E-state index contributed by atoms with van der Waals surface area (Å²) in [5.41, 5.74) is -0.881. The van der Waals surface area contributed by atoms with Gasteiger partial charge in [0.15, 0.2) is 4.34 Å². The molecular weight excluding hydrogens is 306 g/mol. The fraction of sp³-hybridized carbons (Fsp3) is 0.600. The first-order valence-corrected chi connectivity index (χ1v) is 8.45. The number of hydrogen-bond donors (Lipinski definition) is 1. The van der Waals surface area contributed by atoms with E-state index in [1.165, 1.54) is 29.6 Å². The SMILES string of the molecule is O=C1C[C@H]2SCC(CSc3ncns3)(C(=O)O)CN12. The van der Waals surface area contributed by atoms with Gasteiger partial charge in [-0.05, 0) is 11.5 Å². The average Bonchev–Trinajstić information content (AvgIpc) is 2.89. The Labute approximate surface area is 122 Å². The molecule has 9 heteroatoms. The molecule has 0 saturated carbocycles. The minimum Gasteiger partial charge on any atom is -0.481 e. The molecule has 0 aliphatic carbocycles. The van der Waals surface area contributed by atoms with Crippen LogP contribution in [0, 0.1) is 5.41 Å². The highest BCUT2D eigenvalue weighted by atomic mass is 32.2. The van der Waals surface area contributed by atoms with Crippen molar-refractivity contribution in [2.24, 2.45) is 5.41 Å². The lowest BCUT2D eigenvalue weighted by atomic mass is 9.90. The van der Waals surface area contributed by atoms with Gasteiger partial charge in [-0.15, -0.1) is 11.8 Å². The van der Waals surface area contributed by atoms with E-state index in [0.717, 1.165) is 4.34 Å². The Morgan fingerprint density at radius 2 is 2.53 bits per heavy atom. The molecule has 1 aromatic heterocycles. The Kier molecular flexibility index (Phi) is 3.44. The van der Waals surface area contributed by atoms with E-state index in [0.29, 0.717) is 24.5 Å². The summed E-state index contributed by atoms with van der Waals surface area (Å²) in [6.45, 7) is 0.310. The van der Waals surface area contributed by atoms with Crippen LogP contribution >= 0.6 is 35.1 Å². The van der Waals surface area contributed by atoms with Gasteiger partial charge in [0.2, 0.25) is 5.91 Å². The maximum absolute atomic E-state index is 11.6. The molecule has 1 aromatic rings. The van der Waals surface area contributed by atoms with Crippen LogP contribution in [-0.2, 0) is 9.59 Å². The average molecular weight is 317 g/mol. The van der Waals surface area contributed by atoms with Crippen LogP contribution in [0.4, 0.5) is 0 Å². The number of carboxylic acids is 1. The molecule has 0 spiro atoms. The number of amides is 1. The van der Waals surface area contributed by atoms with Crippen molar-refractivity contribution in [1.29, 1.82) is 0 Å². The van der Waals surface area contributed by atoms with E-state index < -0.39 is 11.4 Å². The van der Waals surface area contributed by atoms with E-state index in [9.17, 15) is 14.7 Å². The number of aromatic nitrogens is 2. The second-order valence-electron chi connectivity index (χ2n) is 4.57. The van der Waals surface area contributed by atoms with Gasteiger partial charge in [0.1, 0.15) is 11.7 Å². The largest absolute Gasteiger partial charge is 0.481 e. The molecule has 0 aromatic carbocycles. The second kappa shape index (κ2) is 4.95. The van der Waals surface area contributed by atoms with Crippen molar-refractivity contribution in [2.45, 2.75) is 16.1 Å². The van der Waals surface area contributed by atoms with Gasteiger partial charge in [0, 0.05) is 18.1 Å². The Bertz CT molecular complexity index is 509. The Morgan fingerprint density at radius 3 is 3.16 bits per heavy atom. The monoisotopic (exact) mass is 317 g/mol. The highest BCUT2D eigenvalue weighted by Crippen LogP contribution is 2.44. The van der Waals surface area contributed by atoms with Crippen molar-refractivity contribution in [2.75, 3.05) is 18.1 Å². The number of carbonyl (C=O) groups is 2. The van der Waals surface area contributed by atoms with Gasteiger partial charge in [-0.2, -0.15) is 4.37 Å². The summed E-state index contributed by atoms with van der Waals surface area (Å²) < 4.78 is 4.66. The molecule has 1 amide bonds. The van der Waals surface area contributed by atoms with Gasteiger partial charge in [0.25, 0.3) is 0 Å². The minimum atomic E-state index is -0.881. The van der Waals surface area contributed by atoms with Crippen LogP contribution in [0.1, 0.15) is 6.42 Å². The minimum absolute atomic E-state index is 0.0590. The third-order valence-electron chi connectivity index (χ3n) is 3.31. The summed E-state index contributed by atoms with van der Waals surface area (Å²) in [6.07, 6.45) is 2.01. The molecule has 19 heavy (non-hydrogen) atoms. The quantitative estimate of drug-likeness (QED) is 0.655. The molecule has 6 nitrogen and oxygen atoms in total. The molecule has 102 valence electrons. The highest BCUT2D eigenvalue weighted by Gasteiger charge is 2.51. The first-order valence-electron chi connectivity index (χ1n) is 5.65. The first kappa shape index (κ1) is 13.2. The molecule has 1 N–H and O–H groups in total. The number of carboxylic acid groups (broad SMARTS) is 1. The van der Waals surface area contributed by atoms with E-state index in [2.05, 4.69) is 9.36 Å². The molecule has 1 unspecified atom stereocenters. The fourth-order valence-electron chi connectivity index (χ4n) is 2.10. The Morgan fingerprint density at radius 1 is 1.68 bits per heavy atom. The van der Waals surface area contributed by atoms with Crippen LogP contribution in [0.15, 0.2) is 10.7 Å². The van der Waals surface area contributed by atoms with Crippen molar-refractivity contribution in [1.82, 2.24) is 14.3 Å². The van der Waals surface area contributed by atoms with Gasteiger partial charge in [-0.25, -0.2) is 4.98 Å².